The Morgan fingerprint density at radius 3 is 2.35 bits per heavy atom. The van der Waals surface area contributed by atoms with Gasteiger partial charge in [-0.1, -0.05) is 49.2 Å². The molecule has 6 heteroatoms. The number of amides is 2. The molecule has 26 heavy (non-hydrogen) atoms. The molecule has 4 nitrogen and oxygen atoms in total. The molecule has 0 radical (unpaired) electrons. The molecule has 0 fully saturated rings. The van der Waals surface area contributed by atoms with E-state index >= 15 is 0 Å². The van der Waals surface area contributed by atoms with E-state index in [1.807, 2.05) is 45.9 Å². The molecule has 2 rings (SSSR count). The van der Waals surface area contributed by atoms with Crippen molar-refractivity contribution in [2.24, 2.45) is 5.92 Å². The molecule has 2 aromatic rings. The van der Waals surface area contributed by atoms with Crippen LogP contribution in [0.25, 0.3) is 0 Å². The maximum atomic E-state index is 12.7. The minimum Gasteiger partial charge on any atom is -0.340 e. The van der Waals surface area contributed by atoms with Crippen LogP contribution in [0.2, 0.25) is 10.0 Å². The van der Waals surface area contributed by atoms with Crippen molar-refractivity contribution in [1.29, 1.82) is 0 Å². The monoisotopic (exact) mass is 392 g/mol. The van der Waals surface area contributed by atoms with Gasteiger partial charge in [-0.2, -0.15) is 0 Å². The van der Waals surface area contributed by atoms with Crippen LogP contribution in [-0.4, -0.2) is 17.9 Å². The Morgan fingerprint density at radius 1 is 1.04 bits per heavy atom. The second kappa shape index (κ2) is 8.56. The number of aryl methyl sites for hydroxylation is 1. The van der Waals surface area contributed by atoms with Gasteiger partial charge in [0.05, 0.1) is 10.6 Å². The number of hydrogen-bond acceptors (Lipinski definition) is 2. The lowest BCUT2D eigenvalue weighted by Crippen LogP contribution is -2.47. The topological polar surface area (TPSA) is 58.2 Å². The summed E-state index contributed by atoms with van der Waals surface area (Å²) in [5.74, 6) is -0.788. The molecule has 0 aliphatic rings. The third-order valence-corrected chi connectivity index (χ3v) is 4.82. The zero-order valence-electron chi connectivity index (χ0n) is 15.2. The standard InChI is InChI=1S/C20H22Cl2N2O2/c1-11(2)18(20(26)23-17-7-5-6-12(3)13(17)4)24-19(25)15-9-8-14(21)10-16(15)22/h5-11,18H,1-4H3,(H,23,26)(H,24,25)/t18-/m0/s1. The minimum atomic E-state index is -0.700. The van der Waals surface area contributed by atoms with E-state index in [4.69, 9.17) is 23.2 Å². The molecule has 0 spiro atoms. The molecule has 1 atom stereocenters. The second-order valence-electron chi connectivity index (χ2n) is 6.56. The Morgan fingerprint density at radius 2 is 1.73 bits per heavy atom. The summed E-state index contributed by atoms with van der Waals surface area (Å²) in [6, 6.07) is 9.63. The van der Waals surface area contributed by atoms with Crippen molar-refractivity contribution in [1.82, 2.24) is 5.32 Å². The Kier molecular flexibility index (Phi) is 6.68. The van der Waals surface area contributed by atoms with E-state index < -0.39 is 11.9 Å². The maximum Gasteiger partial charge on any atom is 0.253 e. The molecule has 0 aliphatic carbocycles. The number of benzene rings is 2. The highest BCUT2D eigenvalue weighted by molar-refractivity contribution is 6.36. The van der Waals surface area contributed by atoms with E-state index in [1.54, 1.807) is 12.1 Å². The number of anilines is 1. The fourth-order valence-corrected chi connectivity index (χ4v) is 3.02. The molecule has 2 N–H and O–H groups in total. The highest BCUT2D eigenvalue weighted by Crippen LogP contribution is 2.22. The number of carbonyl (C=O) groups is 2. The summed E-state index contributed by atoms with van der Waals surface area (Å²) >= 11 is 12.0. The summed E-state index contributed by atoms with van der Waals surface area (Å²) in [5, 5.41) is 6.36. The SMILES string of the molecule is Cc1cccc(NC(=O)[C@@H](NC(=O)c2ccc(Cl)cc2Cl)C(C)C)c1C. The highest BCUT2D eigenvalue weighted by Gasteiger charge is 2.26. The maximum absolute atomic E-state index is 12.7. The molecule has 0 unspecified atom stereocenters. The Balaban J connectivity index is 2.18. The van der Waals surface area contributed by atoms with E-state index in [1.165, 1.54) is 6.07 Å². The van der Waals surface area contributed by atoms with Crippen LogP contribution in [0.3, 0.4) is 0 Å². The van der Waals surface area contributed by atoms with Gasteiger partial charge in [-0.15, -0.1) is 0 Å². The first-order valence-electron chi connectivity index (χ1n) is 8.33. The average Bonchev–Trinajstić information content (AvgIpc) is 2.56. The first kappa shape index (κ1) is 20.3. The lowest BCUT2D eigenvalue weighted by atomic mass is 10.0. The molecule has 2 amide bonds. The van der Waals surface area contributed by atoms with Gasteiger partial charge in [-0.05, 0) is 55.2 Å². The summed E-state index contributed by atoms with van der Waals surface area (Å²) in [6.45, 7) is 7.67. The Labute approximate surface area is 163 Å². The fourth-order valence-electron chi connectivity index (χ4n) is 2.52. The van der Waals surface area contributed by atoms with Crippen LogP contribution in [0.15, 0.2) is 36.4 Å². The summed E-state index contributed by atoms with van der Waals surface area (Å²) < 4.78 is 0. The van der Waals surface area contributed by atoms with Crippen molar-refractivity contribution in [3.05, 3.63) is 63.1 Å². The summed E-state index contributed by atoms with van der Waals surface area (Å²) in [4.78, 5) is 25.3. The number of halogens is 2. The van der Waals surface area contributed by atoms with Crippen molar-refractivity contribution in [3.63, 3.8) is 0 Å². The molecule has 0 saturated carbocycles. The van der Waals surface area contributed by atoms with Crippen LogP contribution in [0.5, 0.6) is 0 Å². The molecule has 2 aromatic carbocycles. The zero-order chi connectivity index (χ0) is 19.4. The lowest BCUT2D eigenvalue weighted by Gasteiger charge is -2.23. The summed E-state index contributed by atoms with van der Waals surface area (Å²) in [7, 11) is 0. The molecule has 0 saturated heterocycles. The molecule has 0 bridgehead atoms. The van der Waals surface area contributed by atoms with Gasteiger partial charge >= 0.3 is 0 Å². The van der Waals surface area contributed by atoms with Crippen molar-refractivity contribution in [3.8, 4) is 0 Å². The predicted octanol–water partition coefficient (Wildman–Crippen LogP) is 5.00. The quantitative estimate of drug-likeness (QED) is 0.751. The molecule has 138 valence electrons. The van der Waals surface area contributed by atoms with Gasteiger partial charge in [-0.3, -0.25) is 9.59 Å². The third-order valence-electron chi connectivity index (χ3n) is 4.27. The van der Waals surface area contributed by atoms with E-state index in [-0.39, 0.29) is 22.4 Å². The summed E-state index contributed by atoms with van der Waals surface area (Å²) in [5.41, 5.74) is 3.09. The molecule has 0 aromatic heterocycles. The molecular weight excluding hydrogens is 371 g/mol. The Hall–Kier alpha value is -2.04. The Bertz CT molecular complexity index is 835. The molecule has 0 aliphatic heterocycles. The minimum absolute atomic E-state index is 0.102. The summed E-state index contributed by atoms with van der Waals surface area (Å²) in [6.07, 6.45) is 0. The molecule has 0 heterocycles. The smallest absolute Gasteiger partial charge is 0.253 e. The van der Waals surface area contributed by atoms with Gasteiger partial charge in [0.1, 0.15) is 6.04 Å². The highest BCUT2D eigenvalue weighted by atomic mass is 35.5. The number of rotatable bonds is 5. The third kappa shape index (κ3) is 4.77. The zero-order valence-corrected chi connectivity index (χ0v) is 16.7. The van der Waals surface area contributed by atoms with Crippen LogP contribution in [-0.2, 0) is 4.79 Å². The van der Waals surface area contributed by atoms with Gasteiger partial charge in [0.25, 0.3) is 5.91 Å². The van der Waals surface area contributed by atoms with Gasteiger partial charge in [0.15, 0.2) is 0 Å². The van der Waals surface area contributed by atoms with Gasteiger partial charge in [0, 0.05) is 10.7 Å². The van der Waals surface area contributed by atoms with Crippen molar-refractivity contribution in [2.45, 2.75) is 33.7 Å². The van der Waals surface area contributed by atoms with Gasteiger partial charge < -0.3 is 10.6 Å². The van der Waals surface area contributed by atoms with Crippen LogP contribution in [0, 0.1) is 19.8 Å². The number of carbonyl (C=O) groups excluding carboxylic acids is 2. The van der Waals surface area contributed by atoms with E-state index in [9.17, 15) is 9.59 Å². The van der Waals surface area contributed by atoms with Gasteiger partial charge in [-0.25, -0.2) is 0 Å². The van der Waals surface area contributed by atoms with Crippen LogP contribution >= 0.6 is 23.2 Å². The van der Waals surface area contributed by atoms with Crippen LogP contribution in [0.1, 0.15) is 35.3 Å². The van der Waals surface area contributed by atoms with Gasteiger partial charge in [0.2, 0.25) is 5.91 Å². The van der Waals surface area contributed by atoms with E-state index in [0.717, 1.165) is 16.8 Å². The largest absolute Gasteiger partial charge is 0.340 e. The lowest BCUT2D eigenvalue weighted by molar-refractivity contribution is -0.118. The molecular formula is C20H22Cl2N2O2. The van der Waals surface area contributed by atoms with E-state index in [0.29, 0.717) is 5.02 Å². The van der Waals surface area contributed by atoms with E-state index in [2.05, 4.69) is 10.6 Å². The number of hydrogen-bond donors (Lipinski definition) is 2. The number of nitrogens with one attached hydrogen (secondary N) is 2. The normalized spacial score (nSPS) is 12.0. The van der Waals surface area contributed by atoms with Crippen molar-refractivity contribution >= 4 is 40.7 Å². The second-order valence-corrected chi connectivity index (χ2v) is 7.40. The predicted molar refractivity (Wildman–Crippen MR) is 107 cm³/mol. The average molecular weight is 393 g/mol. The van der Waals surface area contributed by atoms with Crippen LogP contribution < -0.4 is 10.6 Å². The van der Waals surface area contributed by atoms with Crippen LogP contribution in [0.4, 0.5) is 5.69 Å². The first-order valence-corrected chi connectivity index (χ1v) is 9.09. The fraction of sp³-hybridized carbons (Fsp3) is 0.300. The first-order chi connectivity index (χ1) is 12.2. The van der Waals surface area contributed by atoms with Crippen molar-refractivity contribution < 1.29 is 9.59 Å². The van der Waals surface area contributed by atoms with Crippen molar-refractivity contribution in [2.75, 3.05) is 5.32 Å².